The quantitative estimate of drug-likeness (QED) is 0.861. The van der Waals surface area contributed by atoms with E-state index in [-0.39, 0.29) is 5.78 Å². The normalized spacial score (nSPS) is 23.1. The molecule has 1 atom stereocenters. The Morgan fingerprint density at radius 1 is 1.45 bits per heavy atom. The highest BCUT2D eigenvalue weighted by atomic mass is 32.2. The molecule has 3 nitrogen and oxygen atoms in total. The van der Waals surface area contributed by atoms with Crippen molar-refractivity contribution in [2.24, 2.45) is 0 Å². The molecule has 2 fully saturated rings. The molecule has 1 saturated heterocycles. The molecule has 0 aromatic carbocycles. The van der Waals surface area contributed by atoms with Gasteiger partial charge in [0.25, 0.3) is 0 Å². The summed E-state index contributed by atoms with van der Waals surface area (Å²) in [6, 6.07) is 0. The van der Waals surface area contributed by atoms with Gasteiger partial charge in [-0.1, -0.05) is 13.8 Å². The fourth-order valence-corrected chi connectivity index (χ4v) is 5.18. The second-order valence-corrected chi connectivity index (χ2v) is 8.29. The van der Waals surface area contributed by atoms with Gasteiger partial charge >= 0.3 is 0 Å². The van der Waals surface area contributed by atoms with Crippen LogP contribution in [0.4, 0.5) is 10.7 Å². The van der Waals surface area contributed by atoms with Crippen molar-refractivity contribution in [3.63, 3.8) is 0 Å². The predicted molar refractivity (Wildman–Crippen MR) is 89.5 cm³/mol. The highest BCUT2D eigenvalue weighted by Crippen LogP contribution is 2.52. The maximum atomic E-state index is 12.1. The van der Waals surface area contributed by atoms with Gasteiger partial charge in [0.2, 0.25) is 0 Å². The molecular weight excluding hydrogens is 288 g/mol. The number of Topliss-reactive ketones (excluding diaryl/α,β-unsaturated/α-hetero) is 1. The molecule has 0 amide bonds. The van der Waals surface area contributed by atoms with Crippen molar-refractivity contribution in [2.75, 3.05) is 29.5 Å². The Hall–Kier alpha value is -0.680. The van der Waals surface area contributed by atoms with Gasteiger partial charge in [0.1, 0.15) is 0 Å². The van der Waals surface area contributed by atoms with Gasteiger partial charge in [0.05, 0.1) is 15.6 Å². The number of nitrogens with two attached hydrogens (primary N) is 1. The summed E-state index contributed by atoms with van der Waals surface area (Å²) in [6.07, 6.45) is 3.00. The number of hydrogen-bond donors (Lipinski definition) is 1. The zero-order valence-electron chi connectivity index (χ0n) is 12.1. The highest BCUT2D eigenvalue weighted by molar-refractivity contribution is 8.00. The number of nitrogen functional groups attached to an aromatic ring is 1. The lowest BCUT2D eigenvalue weighted by Crippen LogP contribution is -2.36. The molecule has 1 aromatic heterocycles. The number of anilines is 2. The van der Waals surface area contributed by atoms with Crippen molar-refractivity contribution in [1.29, 1.82) is 0 Å². The number of carbonyl (C=O) groups excluding carboxylic acids is 1. The summed E-state index contributed by atoms with van der Waals surface area (Å²) in [5, 5.41) is 1.94. The van der Waals surface area contributed by atoms with Gasteiger partial charge in [0.15, 0.2) is 5.78 Å². The van der Waals surface area contributed by atoms with Crippen LogP contribution in [0, 0.1) is 0 Å². The number of ketones is 1. The monoisotopic (exact) mass is 310 g/mol. The first-order chi connectivity index (χ1) is 9.61. The van der Waals surface area contributed by atoms with E-state index in [1.165, 1.54) is 29.2 Å². The maximum Gasteiger partial charge on any atom is 0.174 e. The number of nitrogens with zero attached hydrogens (tertiary/aromatic N) is 1. The average Bonchev–Trinajstić information content (AvgIpc) is 3.21. The summed E-state index contributed by atoms with van der Waals surface area (Å²) in [5.74, 6) is 1.96. The van der Waals surface area contributed by atoms with Crippen LogP contribution in [0.15, 0.2) is 0 Å². The molecule has 0 spiro atoms. The molecule has 20 heavy (non-hydrogen) atoms. The number of rotatable bonds is 4. The third-order valence-corrected chi connectivity index (χ3v) is 6.51. The van der Waals surface area contributed by atoms with Crippen LogP contribution in [0.1, 0.15) is 54.3 Å². The standard InChI is InChI=1S/C15H22N2OS2/c1-3-11(18)14-13(16)12(10-4-5-10)15(20-14)17-6-7-19-9(2)8-17/h9-10H,3-8,16H2,1-2H3. The molecular formula is C15H22N2OS2. The Morgan fingerprint density at radius 3 is 2.80 bits per heavy atom. The Bertz CT molecular complexity index is 522. The van der Waals surface area contributed by atoms with E-state index in [0.717, 1.165) is 23.7 Å². The second-order valence-electron chi connectivity index (χ2n) is 5.74. The predicted octanol–water partition coefficient (Wildman–Crippen LogP) is 3.74. The molecule has 110 valence electrons. The Labute approximate surface area is 128 Å². The summed E-state index contributed by atoms with van der Waals surface area (Å²) in [7, 11) is 0. The minimum atomic E-state index is 0.195. The van der Waals surface area contributed by atoms with Gasteiger partial charge in [0, 0.05) is 36.1 Å². The van der Waals surface area contributed by atoms with E-state index in [1.807, 2.05) is 18.7 Å². The van der Waals surface area contributed by atoms with Gasteiger partial charge in [-0.25, -0.2) is 0 Å². The fourth-order valence-electron chi connectivity index (χ4n) is 2.82. The largest absolute Gasteiger partial charge is 0.397 e. The van der Waals surface area contributed by atoms with E-state index in [1.54, 1.807) is 11.3 Å². The van der Waals surface area contributed by atoms with Gasteiger partial charge in [-0.3, -0.25) is 4.79 Å². The number of hydrogen-bond acceptors (Lipinski definition) is 5. The van der Waals surface area contributed by atoms with Crippen LogP contribution in [0.3, 0.4) is 0 Å². The van der Waals surface area contributed by atoms with E-state index in [0.29, 0.717) is 17.6 Å². The molecule has 1 aromatic rings. The third-order valence-electron chi connectivity index (χ3n) is 4.05. The van der Waals surface area contributed by atoms with Gasteiger partial charge in [-0.05, 0) is 18.8 Å². The number of carbonyl (C=O) groups is 1. The van der Waals surface area contributed by atoms with E-state index in [2.05, 4.69) is 11.8 Å². The van der Waals surface area contributed by atoms with Crippen LogP contribution in [-0.2, 0) is 0 Å². The van der Waals surface area contributed by atoms with Crippen LogP contribution in [0.5, 0.6) is 0 Å². The number of thiophene rings is 1. The zero-order chi connectivity index (χ0) is 14.3. The third kappa shape index (κ3) is 2.58. The van der Waals surface area contributed by atoms with Gasteiger partial charge in [-0.15, -0.1) is 11.3 Å². The lowest BCUT2D eigenvalue weighted by atomic mass is 10.1. The summed E-state index contributed by atoms with van der Waals surface area (Å²) in [5.41, 5.74) is 8.39. The van der Waals surface area contributed by atoms with Crippen molar-refractivity contribution in [3.05, 3.63) is 10.4 Å². The maximum absolute atomic E-state index is 12.1. The van der Waals surface area contributed by atoms with Gasteiger partial charge in [-0.2, -0.15) is 11.8 Å². The molecule has 0 radical (unpaired) electrons. The van der Waals surface area contributed by atoms with E-state index < -0.39 is 0 Å². The molecule has 1 unspecified atom stereocenters. The SMILES string of the molecule is CCC(=O)c1sc(N2CCSC(C)C2)c(C2CC2)c1N. The molecule has 1 saturated carbocycles. The van der Waals surface area contributed by atoms with Crippen molar-refractivity contribution in [3.8, 4) is 0 Å². The zero-order valence-corrected chi connectivity index (χ0v) is 13.8. The molecule has 1 aliphatic carbocycles. The summed E-state index contributed by atoms with van der Waals surface area (Å²) in [4.78, 5) is 15.4. The number of thioether (sulfide) groups is 1. The van der Waals surface area contributed by atoms with Crippen LogP contribution >= 0.6 is 23.1 Å². The molecule has 0 bridgehead atoms. The van der Waals surface area contributed by atoms with Crippen molar-refractivity contribution in [2.45, 2.75) is 44.3 Å². The first-order valence-electron chi connectivity index (χ1n) is 7.43. The molecule has 2 N–H and O–H groups in total. The van der Waals surface area contributed by atoms with Crippen LogP contribution < -0.4 is 10.6 Å². The summed E-state index contributed by atoms with van der Waals surface area (Å²) in [6.45, 7) is 6.35. The molecule has 1 aliphatic heterocycles. The Morgan fingerprint density at radius 2 is 2.20 bits per heavy atom. The lowest BCUT2D eigenvalue weighted by Gasteiger charge is -2.32. The minimum Gasteiger partial charge on any atom is -0.397 e. The fraction of sp³-hybridized carbons (Fsp3) is 0.667. The smallest absolute Gasteiger partial charge is 0.174 e. The summed E-state index contributed by atoms with van der Waals surface area (Å²) < 4.78 is 0. The van der Waals surface area contributed by atoms with Crippen LogP contribution in [0.25, 0.3) is 0 Å². The first-order valence-corrected chi connectivity index (χ1v) is 9.30. The van der Waals surface area contributed by atoms with Crippen molar-refractivity contribution >= 4 is 39.6 Å². The molecule has 2 heterocycles. The Kier molecular flexibility index (Phi) is 4.00. The van der Waals surface area contributed by atoms with Gasteiger partial charge < -0.3 is 10.6 Å². The second kappa shape index (κ2) is 5.60. The van der Waals surface area contributed by atoms with Crippen molar-refractivity contribution < 1.29 is 4.79 Å². The van der Waals surface area contributed by atoms with E-state index in [4.69, 9.17) is 5.73 Å². The first kappa shape index (κ1) is 14.3. The Balaban J connectivity index is 1.98. The lowest BCUT2D eigenvalue weighted by molar-refractivity contribution is 0.0993. The molecule has 5 heteroatoms. The average molecular weight is 310 g/mol. The molecule has 3 rings (SSSR count). The summed E-state index contributed by atoms with van der Waals surface area (Å²) >= 11 is 3.67. The van der Waals surface area contributed by atoms with Crippen molar-refractivity contribution in [1.82, 2.24) is 0 Å². The van der Waals surface area contributed by atoms with E-state index >= 15 is 0 Å². The topological polar surface area (TPSA) is 46.3 Å². The van der Waals surface area contributed by atoms with E-state index in [9.17, 15) is 4.79 Å². The molecule has 2 aliphatic rings. The highest BCUT2D eigenvalue weighted by Gasteiger charge is 2.35. The van der Waals surface area contributed by atoms with Crippen LogP contribution in [0.2, 0.25) is 0 Å². The minimum absolute atomic E-state index is 0.195. The van der Waals surface area contributed by atoms with Crippen LogP contribution in [-0.4, -0.2) is 29.9 Å².